The van der Waals surface area contributed by atoms with Crippen LogP contribution in [-0.2, 0) is 42.2 Å². The Morgan fingerprint density at radius 2 is 0.703 bits per heavy atom. The molecule has 74 heavy (non-hydrogen) atoms. The number of carbonyl (C=O) groups is 3. The normalized spacial score (nSPS) is 13.7. The number of aliphatic hydroxyl groups excluding tert-OH is 1. The molecule has 0 aromatic heterocycles. The first-order chi connectivity index (χ1) is 36.2. The molecule has 0 aliphatic heterocycles. The highest BCUT2D eigenvalue weighted by Crippen LogP contribution is 2.43. The molecule has 11 nitrogen and oxygen atoms in total. The topological polar surface area (TPSA) is 155 Å². The van der Waals surface area contributed by atoms with Gasteiger partial charge in [0, 0.05) is 19.3 Å². The van der Waals surface area contributed by atoms with Gasteiger partial charge in [0.05, 0.1) is 19.8 Å². The number of aliphatic hydroxyl groups is 1. The van der Waals surface area contributed by atoms with Crippen LogP contribution < -0.4 is 0 Å². The third-order valence-corrected chi connectivity index (χ3v) is 13.9. The van der Waals surface area contributed by atoms with Gasteiger partial charge in [-0.05, 0) is 83.5 Å². The minimum Gasteiger partial charge on any atom is -0.462 e. The lowest BCUT2D eigenvalue weighted by Crippen LogP contribution is -2.30. The molecule has 0 bridgehead atoms. The highest BCUT2D eigenvalue weighted by molar-refractivity contribution is 7.47. The summed E-state index contributed by atoms with van der Waals surface area (Å²) < 4.78 is 39.6. The summed E-state index contributed by atoms with van der Waals surface area (Å²) in [5, 5.41) is 9.83. The van der Waals surface area contributed by atoms with E-state index >= 15 is 0 Å². The molecule has 3 unspecified atom stereocenters. The molecular formula is C62H111O11P. The number of unbranched alkanes of at least 4 members (excludes halogenated alkanes) is 29. The second-order valence-corrected chi connectivity index (χ2v) is 21.6. The molecule has 0 amide bonds. The molecule has 0 aliphatic rings. The Kier molecular flexibility index (Phi) is 54.2. The second-order valence-electron chi connectivity index (χ2n) is 20.1. The van der Waals surface area contributed by atoms with E-state index in [4.69, 9.17) is 23.3 Å². The van der Waals surface area contributed by atoms with Crippen molar-refractivity contribution in [1.82, 2.24) is 0 Å². The fraction of sp³-hybridized carbons (Fsp3) is 0.790. The molecule has 0 saturated heterocycles. The summed E-state index contributed by atoms with van der Waals surface area (Å²) in [5.74, 6) is -1.49. The lowest BCUT2D eigenvalue weighted by Gasteiger charge is -2.21. The van der Waals surface area contributed by atoms with Crippen molar-refractivity contribution < 1.29 is 52.2 Å². The maximum absolute atomic E-state index is 12.9. The van der Waals surface area contributed by atoms with E-state index in [1.165, 1.54) is 109 Å². The average molecular weight is 1060 g/mol. The van der Waals surface area contributed by atoms with Crippen LogP contribution in [0.2, 0.25) is 0 Å². The molecule has 430 valence electrons. The Morgan fingerprint density at radius 1 is 0.392 bits per heavy atom. The minimum absolute atomic E-state index is 0.138. The predicted molar refractivity (Wildman–Crippen MR) is 307 cm³/mol. The Balaban J connectivity index is 4.70. The average Bonchev–Trinajstić information content (AvgIpc) is 3.39. The predicted octanol–water partition coefficient (Wildman–Crippen LogP) is 17.9. The summed E-state index contributed by atoms with van der Waals surface area (Å²) in [6.45, 7) is 4.52. The zero-order valence-corrected chi connectivity index (χ0v) is 48.5. The monoisotopic (exact) mass is 1060 g/mol. The molecule has 0 rings (SSSR count). The SMILES string of the molecule is CC/C=C\C/C=C\C/C=C\C/C=C\CCCCCCC(=O)OC(COC(=O)CCCCCCC/C=C\CCCCCC)COP(=O)(O)OCC(CO)OC(=O)CCCCCCCCCCCCCCCCCCC. The van der Waals surface area contributed by atoms with Crippen molar-refractivity contribution in [2.24, 2.45) is 0 Å². The molecule has 3 atom stereocenters. The number of esters is 3. The van der Waals surface area contributed by atoms with E-state index in [9.17, 15) is 28.9 Å². The van der Waals surface area contributed by atoms with Crippen molar-refractivity contribution in [2.75, 3.05) is 26.4 Å². The zero-order valence-electron chi connectivity index (χ0n) is 47.6. The van der Waals surface area contributed by atoms with Gasteiger partial charge in [-0.15, -0.1) is 0 Å². The summed E-state index contributed by atoms with van der Waals surface area (Å²) in [6, 6.07) is 0. The van der Waals surface area contributed by atoms with Gasteiger partial charge in [-0.2, -0.15) is 0 Å². The Morgan fingerprint density at radius 3 is 1.11 bits per heavy atom. The second kappa shape index (κ2) is 56.4. The van der Waals surface area contributed by atoms with Crippen LogP contribution in [-0.4, -0.2) is 66.5 Å². The first-order valence-electron chi connectivity index (χ1n) is 30.2. The first-order valence-corrected chi connectivity index (χ1v) is 31.7. The van der Waals surface area contributed by atoms with Crippen LogP contribution in [0.4, 0.5) is 0 Å². The number of phosphoric ester groups is 1. The van der Waals surface area contributed by atoms with E-state index in [0.717, 1.165) is 109 Å². The third-order valence-electron chi connectivity index (χ3n) is 12.9. The van der Waals surface area contributed by atoms with Crippen LogP contribution >= 0.6 is 7.82 Å². The first kappa shape index (κ1) is 71.2. The maximum atomic E-state index is 12.9. The van der Waals surface area contributed by atoms with Gasteiger partial charge in [-0.3, -0.25) is 23.4 Å². The summed E-state index contributed by atoms with van der Waals surface area (Å²) in [7, 11) is -4.76. The van der Waals surface area contributed by atoms with Crippen LogP contribution in [0.3, 0.4) is 0 Å². The van der Waals surface area contributed by atoms with Gasteiger partial charge in [-0.1, -0.05) is 236 Å². The summed E-state index contributed by atoms with van der Waals surface area (Å²) in [6.07, 6.45) is 61.7. The molecule has 0 aromatic rings. The molecule has 0 heterocycles. The van der Waals surface area contributed by atoms with Crippen LogP contribution in [0, 0.1) is 0 Å². The molecule has 0 fully saturated rings. The largest absolute Gasteiger partial charge is 0.472 e. The van der Waals surface area contributed by atoms with E-state index in [0.29, 0.717) is 19.3 Å². The standard InChI is InChI=1S/C62H111O11P/c1-4-7-10-13-16-19-22-25-27-29-31-34-37-40-43-46-49-52-61(65)72-58(54-63)56-70-74(67,68)71-57-59(55-69-60(64)51-48-45-42-39-36-33-24-21-18-15-12-9-6-3)73-62(66)53-50-47-44-41-38-35-32-30-28-26-23-20-17-14-11-8-5-2/h8,11,17,20-21,24,26,28,32,35,58-59,63H,4-7,9-10,12-16,18-19,22-23,25,27,29-31,33-34,36-57H2,1-3H3,(H,67,68)/b11-8-,20-17-,24-21-,28-26-,35-32-. The number of carbonyl (C=O) groups excluding carboxylic acids is 3. The van der Waals surface area contributed by atoms with Gasteiger partial charge in [-0.25, -0.2) is 4.57 Å². The lowest BCUT2D eigenvalue weighted by molar-refractivity contribution is -0.161. The van der Waals surface area contributed by atoms with Gasteiger partial charge in [0.25, 0.3) is 0 Å². The van der Waals surface area contributed by atoms with Gasteiger partial charge >= 0.3 is 25.7 Å². The van der Waals surface area contributed by atoms with Crippen LogP contribution in [0.15, 0.2) is 60.8 Å². The summed E-state index contributed by atoms with van der Waals surface area (Å²) in [4.78, 5) is 48.6. The number of ether oxygens (including phenoxy) is 3. The molecule has 0 spiro atoms. The van der Waals surface area contributed by atoms with E-state index in [1.54, 1.807) is 0 Å². The smallest absolute Gasteiger partial charge is 0.462 e. The van der Waals surface area contributed by atoms with Gasteiger partial charge < -0.3 is 24.2 Å². The molecule has 0 aromatic carbocycles. The molecule has 2 N–H and O–H groups in total. The van der Waals surface area contributed by atoms with Crippen molar-refractivity contribution in [3.05, 3.63) is 60.8 Å². The highest BCUT2D eigenvalue weighted by Gasteiger charge is 2.28. The maximum Gasteiger partial charge on any atom is 0.472 e. The van der Waals surface area contributed by atoms with Gasteiger partial charge in [0.1, 0.15) is 12.7 Å². The highest BCUT2D eigenvalue weighted by atomic mass is 31.2. The van der Waals surface area contributed by atoms with Crippen molar-refractivity contribution in [1.29, 1.82) is 0 Å². The fourth-order valence-corrected chi connectivity index (χ4v) is 9.13. The molecule has 12 heteroatoms. The quantitative estimate of drug-likeness (QED) is 0.0197. The Bertz CT molecular complexity index is 1470. The molecular weight excluding hydrogens is 952 g/mol. The summed E-state index contributed by atoms with van der Waals surface area (Å²) >= 11 is 0. The van der Waals surface area contributed by atoms with E-state index in [2.05, 4.69) is 81.5 Å². The van der Waals surface area contributed by atoms with Crippen molar-refractivity contribution in [2.45, 2.75) is 290 Å². The van der Waals surface area contributed by atoms with E-state index in [-0.39, 0.29) is 25.9 Å². The fourth-order valence-electron chi connectivity index (χ4n) is 8.34. The number of hydrogen-bond donors (Lipinski definition) is 2. The van der Waals surface area contributed by atoms with E-state index in [1.807, 2.05) is 0 Å². The summed E-state index contributed by atoms with van der Waals surface area (Å²) in [5.41, 5.74) is 0. The van der Waals surface area contributed by atoms with E-state index < -0.39 is 57.8 Å². The molecule has 0 saturated carbocycles. The van der Waals surface area contributed by atoms with Gasteiger partial charge in [0.2, 0.25) is 0 Å². The Labute approximate surface area is 453 Å². The number of phosphoric acid groups is 1. The molecule has 0 aliphatic carbocycles. The van der Waals surface area contributed by atoms with Gasteiger partial charge in [0.15, 0.2) is 6.10 Å². The third kappa shape index (κ3) is 54.0. The van der Waals surface area contributed by atoms with Crippen molar-refractivity contribution >= 4 is 25.7 Å². The van der Waals surface area contributed by atoms with Crippen molar-refractivity contribution in [3.8, 4) is 0 Å². The number of allylic oxidation sites excluding steroid dienone is 10. The van der Waals surface area contributed by atoms with Crippen LogP contribution in [0.1, 0.15) is 278 Å². The zero-order chi connectivity index (χ0) is 54.1. The van der Waals surface area contributed by atoms with Crippen LogP contribution in [0.5, 0.6) is 0 Å². The minimum atomic E-state index is -4.76. The lowest BCUT2D eigenvalue weighted by atomic mass is 10.0. The van der Waals surface area contributed by atoms with Crippen molar-refractivity contribution in [3.63, 3.8) is 0 Å². The molecule has 0 radical (unpaired) electrons. The Hall–Kier alpha value is -2.82. The number of hydrogen-bond acceptors (Lipinski definition) is 10. The number of rotatable bonds is 56. The van der Waals surface area contributed by atoms with Crippen LogP contribution in [0.25, 0.3) is 0 Å².